The SMILES string of the molecule is COc1ccc(C(O)[C@@H]2CCCN2CC(C)C)cc1. The Hall–Kier alpha value is -1.06. The lowest BCUT2D eigenvalue weighted by molar-refractivity contribution is 0.0668. The molecule has 19 heavy (non-hydrogen) atoms. The molecular formula is C16H25NO2. The Morgan fingerprint density at radius 1 is 1.32 bits per heavy atom. The highest BCUT2D eigenvalue weighted by molar-refractivity contribution is 5.29. The molecule has 3 nitrogen and oxygen atoms in total. The first-order valence-electron chi connectivity index (χ1n) is 7.18. The van der Waals surface area contributed by atoms with Gasteiger partial charge in [0, 0.05) is 12.6 Å². The lowest BCUT2D eigenvalue weighted by Crippen LogP contribution is -2.36. The number of benzene rings is 1. The first-order valence-corrected chi connectivity index (χ1v) is 7.18. The lowest BCUT2D eigenvalue weighted by atomic mass is 9.99. The van der Waals surface area contributed by atoms with Crippen LogP contribution in [0.15, 0.2) is 24.3 Å². The van der Waals surface area contributed by atoms with Gasteiger partial charge in [-0.25, -0.2) is 0 Å². The van der Waals surface area contributed by atoms with E-state index < -0.39 is 6.10 Å². The van der Waals surface area contributed by atoms with E-state index in [0.29, 0.717) is 5.92 Å². The van der Waals surface area contributed by atoms with Crippen molar-refractivity contribution < 1.29 is 9.84 Å². The van der Waals surface area contributed by atoms with Crippen LogP contribution in [-0.2, 0) is 0 Å². The van der Waals surface area contributed by atoms with Crippen LogP contribution < -0.4 is 4.74 Å². The molecule has 1 unspecified atom stereocenters. The largest absolute Gasteiger partial charge is 0.497 e. The number of rotatable bonds is 5. The van der Waals surface area contributed by atoms with Gasteiger partial charge >= 0.3 is 0 Å². The first kappa shape index (κ1) is 14.4. The van der Waals surface area contributed by atoms with Crippen LogP contribution in [0.25, 0.3) is 0 Å². The summed E-state index contributed by atoms with van der Waals surface area (Å²) < 4.78 is 5.16. The van der Waals surface area contributed by atoms with E-state index in [1.165, 1.54) is 6.42 Å². The van der Waals surface area contributed by atoms with E-state index in [0.717, 1.165) is 30.8 Å². The number of methoxy groups -OCH3 is 1. The number of aliphatic hydroxyl groups excluding tert-OH is 1. The second-order valence-corrected chi connectivity index (χ2v) is 5.82. The van der Waals surface area contributed by atoms with Crippen molar-refractivity contribution in [1.29, 1.82) is 0 Å². The molecule has 2 atom stereocenters. The van der Waals surface area contributed by atoms with Gasteiger partial charge in [-0.2, -0.15) is 0 Å². The zero-order valence-corrected chi connectivity index (χ0v) is 12.2. The third kappa shape index (κ3) is 3.48. The normalized spacial score (nSPS) is 21.8. The minimum absolute atomic E-state index is 0.260. The molecule has 0 saturated carbocycles. The van der Waals surface area contributed by atoms with Crippen molar-refractivity contribution >= 4 is 0 Å². The number of ether oxygens (including phenoxy) is 1. The van der Waals surface area contributed by atoms with E-state index in [-0.39, 0.29) is 6.04 Å². The topological polar surface area (TPSA) is 32.7 Å². The summed E-state index contributed by atoms with van der Waals surface area (Å²) in [5.41, 5.74) is 0.987. The van der Waals surface area contributed by atoms with Gasteiger partial charge < -0.3 is 9.84 Å². The summed E-state index contributed by atoms with van der Waals surface area (Å²) in [6.07, 6.45) is 1.87. The van der Waals surface area contributed by atoms with Crippen LogP contribution in [-0.4, -0.2) is 36.2 Å². The van der Waals surface area contributed by atoms with Crippen molar-refractivity contribution in [3.05, 3.63) is 29.8 Å². The molecule has 3 heteroatoms. The average molecular weight is 263 g/mol. The molecule has 1 N–H and O–H groups in total. The second-order valence-electron chi connectivity index (χ2n) is 5.82. The zero-order chi connectivity index (χ0) is 13.8. The molecule has 1 aromatic carbocycles. The predicted octanol–water partition coefficient (Wildman–Crippen LogP) is 2.85. The van der Waals surface area contributed by atoms with Gasteiger partial charge in [-0.05, 0) is 43.0 Å². The number of nitrogens with zero attached hydrogens (tertiary/aromatic N) is 1. The molecule has 1 aliphatic rings. The van der Waals surface area contributed by atoms with E-state index in [2.05, 4.69) is 18.7 Å². The van der Waals surface area contributed by atoms with E-state index in [9.17, 15) is 5.11 Å². The second kappa shape index (κ2) is 6.40. The van der Waals surface area contributed by atoms with Crippen molar-refractivity contribution in [2.75, 3.05) is 20.2 Å². The molecule has 0 radical (unpaired) electrons. The van der Waals surface area contributed by atoms with Crippen LogP contribution in [0.2, 0.25) is 0 Å². The highest BCUT2D eigenvalue weighted by Crippen LogP contribution is 2.30. The molecule has 0 aromatic heterocycles. The van der Waals surface area contributed by atoms with Crippen molar-refractivity contribution in [1.82, 2.24) is 4.90 Å². The molecule has 0 aliphatic carbocycles. The van der Waals surface area contributed by atoms with Crippen LogP contribution in [0.3, 0.4) is 0 Å². The number of likely N-dealkylation sites (tertiary alicyclic amines) is 1. The summed E-state index contributed by atoms with van der Waals surface area (Å²) in [5, 5.41) is 10.6. The summed E-state index contributed by atoms with van der Waals surface area (Å²) in [7, 11) is 1.66. The fourth-order valence-corrected chi connectivity index (χ4v) is 2.93. The van der Waals surface area contributed by atoms with Crippen LogP contribution in [0.4, 0.5) is 0 Å². The van der Waals surface area contributed by atoms with Crippen molar-refractivity contribution in [3.8, 4) is 5.75 Å². The third-order valence-electron chi connectivity index (χ3n) is 3.84. The molecule has 1 heterocycles. The maximum Gasteiger partial charge on any atom is 0.118 e. The Kier molecular flexibility index (Phi) is 4.83. The number of aliphatic hydroxyl groups is 1. The first-order chi connectivity index (χ1) is 9.11. The Bertz CT molecular complexity index is 388. The maximum absolute atomic E-state index is 10.6. The molecule has 1 fully saturated rings. The van der Waals surface area contributed by atoms with E-state index in [1.54, 1.807) is 7.11 Å². The Balaban J connectivity index is 2.06. The predicted molar refractivity (Wildman–Crippen MR) is 77.4 cm³/mol. The molecule has 0 amide bonds. The highest BCUT2D eigenvalue weighted by atomic mass is 16.5. The molecule has 0 spiro atoms. The van der Waals surface area contributed by atoms with Crippen molar-refractivity contribution in [2.45, 2.75) is 38.8 Å². The van der Waals surface area contributed by atoms with E-state index in [4.69, 9.17) is 4.74 Å². The molecule has 1 saturated heterocycles. The summed E-state index contributed by atoms with van der Waals surface area (Å²) in [6.45, 7) is 6.64. The smallest absolute Gasteiger partial charge is 0.118 e. The third-order valence-corrected chi connectivity index (χ3v) is 3.84. The van der Waals surface area contributed by atoms with Gasteiger partial charge in [-0.1, -0.05) is 26.0 Å². The Morgan fingerprint density at radius 3 is 2.58 bits per heavy atom. The van der Waals surface area contributed by atoms with Gasteiger partial charge in [-0.3, -0.25) is 4.90 Å². The van der Waals surface area contributed by atoms with Crippen molar-refractivity contribution in [2.24, 2.45) is 5.92 Å². The van der Waals surface area contributed by atoms with Gasteiger partial charge in [0.2, 0.25) is 0 Å². The van der Waals surface area contributed by atoms with Gasteiger partial charge in [0.1, 0.15) is 5.75 Å². The van der Waals surface area contributed by atoms with Crippen molar-refractivity contribution in [3.63, 3.8) is 0 Å². The van der Waals surface area contributed by atoms with Crippen LogP contribution in [0, 0.1) is 5.92 Å². The number of hydrogen-bond acceptors (Lipinski definition) is 3. The summed E-state index contributed by atoms with van der Waals surface area (Å²) in [4.78, 5) is 2.43. The standard InChI is InChI=1S/C16H25NO2/c1-12(2)11-17-10-4-5-15(17)16(18)13-6-8-14(19-3)9-7-13/h6-9,12,15-16,18H,4-5,10-11H2,1-3H3/t15-,16?/m0/s1. The molecule has 2 rings (SSSR count). The fraction of sp³-hybridized carbons (Fsp3) is 0.625. The quantitative estimate of drug-likeness (QED) is 0.886. The highest BCUT2D eigenvalue weighted by Gasteiger charge is 2.31. The minimum atomic E-state index is -0.396. The average Bonchev–Trinajstić information content (AvgIpc) is 2.85. The molecular weight excluding hydrogens is 238 g/mol. The summed E-state index contributed by atoms with van der Waals surface area (Å²) >= 11 is 0. The molecule has 0 bridgehead atoms. The Labute approximate surface area is 116 Å². The van der Waals surface area contributed by atoms with Crippen LogP contribution in [0.5, 0.6) is 5.75 Å². The fourth-order valence-electron chi connectivity index (χ4n) is 2.93. The summed E-state index contributed by atoms with van der Waals surface area (Å²) in [6, 6.07) is 8.03. The zero-order valence-electron chi connectivity index (χ0n) is 12.2. The van der Waals surface area contributed by atoms with Gasteiger partial charge in [-0.15, -0.1) is 0 Å². The molecule has 1 aliphatic heterocycles. The number of hydrogen-bond donors (Lipinski definition) is 1. The summed E-state index contributed by atoms with van der Waals surface area (Å²) in [5.74, 6) is 1.48. The van der Waals surface area contributed by atoms with Gasteiger partial charge in [0.05, 0.1) is 13.2 Å². The monoisotopic (exact) mass is 263 g/mol. The van der Waals surface area contributed by atoms with Gasteiger partial charge in [0.25, 0.3) is 0 Å². The Morgan fingerprint density at radius 2 is 2.00 bits per heavy atom. The maximum atomic E-state index is 10.6. The molecule has 1 aromatic rings. The minimum Gasteiger partial charge on any atom is -0.497 e. The van der Waals surface area contributed by atoms with E-state index >= 15 is 0 Å². The van der Waals surface area contributed by atoms with Crippen LogP contribution >= 0.6 is 0 Å². The van der Waals surface area contributed by atoms with Crippen LogP contribution in [0.1, 0.15) is 38.4 Å². The van der Waals surface area contributed by atoms with E-state index in [1.807, 2.05) is 24.3 Å². The van der Waals surface area contributed by atoms with Gasteiger partial charge in [0.15, 0.2) is 0 Å². The molecule has 106 valence electrons. The lowest BCUT2D eigenvalue weighted by Gasteiger charge is -2.30.